The molecule has 0 atom stereocenters. The Hall–Kier alpha value is -2.37. The molecule has 0 aliphatic heterocycles. The maximum atomic E-state index is 12.0. The van der Waals surface area contributed by atoms with Crippen LogP contribution >= 0.6 is 0 Å². The summed E-state index contributed by atoms with van der Waals surface area (Å²) >= 11 is 0. The molecule has 1 rings (SSSR count). The number of nitrogens with one attached hydrogen (secondary N) is 2. The maximum Gasteiger partial charge on any atom is 0.307 e. The third-order valence-electron chi connectivity index (χ3n) is 2.70. The molecule has 1 aromatic carbocycles. The third-order valence-corrected chi connectivity index (χ3v) is 4.18. The average Bonchev–Trinajstić information content (AvgIpc) is 2.51. The number of aryl methyl sites for hydroxylation is 1. The second-order valence-corrected chi connectivity index (χ2v) is 6.37. The number of carbonyl (C=O) groups is 2. The van der Waals surface area contributed by atoms with Gasteiger partial charge in [0.1, 0.15) is 0 Å². The zero-order chi connectivity index (χ0) is 17.3. The third kappa shape index (κ3) is 6.95. The normalized spacial score (nSPS) is 10.6. The summed E-state index contributed by atoms with van der Waals surface area (Å²) in [5.74, 6) is 1.00. The van der Waals surface area contributed by atoms with E-state index < -0.39 is 28.5 Å². The number of sulfonamides is 1. The van der Waals surface area contributed by atoms with Gasteiger partial charge in [-0.2, -0.15) is 0 Å². The summed E-state index contributed by atoms with van der Waals surface area (Å²) < 4.78 is 30.9. The lowest BCUT2D eigenvalue weighted by atomic mass is 10.2. The van der Waals surface area contributed by atoms with Crippen LogP contribution < -0.4 is 10.0 Å². The number of esters is 1. The van der Waals surface area contributed by atoms with E-state index >= 15 is 0 Å². The van der Waals surface area contributed by atoms with Gasteiger partial charge in [-0.15, -0.1) is 6.42 Å². The van der Waals surface area contributed by atoms with Gasteiger partial charge < -0.3 is 10.1 Å². The summed E-state index contributed by atoms with van der Waals surface area (Å²) in [4.78, 5) is 22.7. The zero-order valence-electron chi connectivity index (χ0n) is 12.7. The van der Waals surface area contributed by atoms with Gasteiger partial charge in [0, 0.05) is 6.54 Å². The predicted octanol–water partition coefficient (Wildman–Crippen LogP) is -0.0440. The molecular weight excluding hydrogens is 320 g/mol. The van der Waals surface area contributed by atoms with Crippen LogP contribution in [-0.4, -0.2) is 40.0 Å². The lowest BCUT2D eigenvalue weighted by molar-refractivity contribution is -0.148. The summed E-state index contributed by atoms with van der Waals surface area (Å²) in [5, 5.41) is 2.33. The fourth-order valence-electron chi connectivity index (χ4n) is 1.51. The lowest BCUT2D eigenvalue weighted by Crippen LogP contribution is -2.30. The van der Waals surface area contributed by atoms with Gasteiger partial charge in [0.05, 0.1) is 17.9 Å². The van der Waals surface area contributed by atoms with Crippen LogP contribution in [0.4, 0.5) is 0 Å². The molecule has 0 spiro atoms. The quantitative estimate of drug-likeness (QED) is 0.511. The second-order valence-electron chi connectivity index (χ2n) is 4.60. The Kier molecular flexibility index (Phi) is 7.25. The van der Waals surface area contributed by atoms with Crippen LogP contribution in [0.25, 0.3) is 0 Å². The van der Waals surface area contributed by atoms with Crippen LogP contribution in [0, 0.1) is 19.3 Å². The van der Waals surface area contributed by atoms with E-state index in [-0.39, 0.29) is 24.4 Å². The number of hydrogen-bond acceptors (Lipinski definition) is 5. The minimum Gasteiger partial charge on any atom is -0.456 e. The number of carbonyl (C=O) groups excluding carboxylic acids is 2. The largest absolute Gasteiger partial charge is 0.456 e. The molecule has 0 fully saturated rings. The van der Waals surface area contributed by atoms with E-state index in [4.69, 9.17) is 6.42 Å². The van der Waals surface area contributed by atoms with Gasteiger partial charge in [0.15, 0.2) is 6.61 Å². The van der Waals surface area contributed by atoms with Crippen LogP contribution in [0.2, 0.25) is 0 Å². The highest BCUT2D eigenvalue weighted by molar-refractivity contribution is 7.89. The van der Waals surface area contributed by atoms with E-state index in [1.165, 1.54) is 12.1 Å². The van der Waals surface area contributed by atoms with Crippen LogP contribution in [0.15, 0.2) is 29.2 Å². The fraction of sp³-hybridized carbons (Fsp3) is 0.333. The molecular formula is C15H18N2O5S. The van der Waals surface area contributed by atoms with Crippen molar-refractivity contribution in [1.29, 1.82) is 0 Å². The van der Waals surface area contributed by atoms with Crippen LogP contribution in [-0.2, 0) is 24.3 Å². The van der Waals surface area contributed by atoms with E-state index in [1.54, 1.807) is 12.1 Å². The topological polar surface area (TPSA) is 102 Å². The molecule has 1 amide bonds. The van der Waals surface area contributed by atoms with Crippen molar-refractivity contribution < 1.29 is 22.7 Å². The zero-order valence-corrected chi connectivity index (χ0v) is 13.5. The SMILES string of the molecule is C#CCNC(=O)COC(=O)CCNS(=O)(=O)c1ccc(C)cc1. The summed E-state index contributed by atoms with van der Waals surface area (Å²) in [6.07, 6.45) is 4.77. The van der Waals surface area contributed by atoms with E-state index in [0.29, 0.717) is 0 Å². The molecule has 0 bridgehead atoms. The molecule has 2 N–H and O–H groups in total. The molecule has 7 nitrogen and oxygen atoms in total. The highest BCUT2D eigenvalue weighted by Gasteiger charge is 2.14. The van der Waals surface area contributed by atoms with Crippen LogP contribution in [0.1, 0.15) is 12.0 Å². The van der Waals surface area contributed by atoms with E-state index in [1.807, 2.05) is 6.92 Å². The van der Waals surface area contributed by atoms with Gasteiger partial charge >= 0.3 is 5.97 Å². The maximum absolute atomic E-state index is 12.0. The van der Waals surface area contributed by atoms with Crippen molar-refractivity contribution >= 4 is 21.9 Å². The Labute approximate surface area is 135 Å². The molecule has 1 aromatic rings. The van der Waals surface area contributed by atoms with Gasteiger partial charge in [-0.25, -0.2) is 13.1 Å². The highest BCUT2D eigenvalue weighted by Crippen LogP contribution is 2.09. The van der Waals surface area contributed by atoms with Gasteiger partial charge in [-0.05, 0) is 19.1 Å². The van der Waals surface area contributed by atoms with Crippen LogP contribution in [0.3, 0.4) is 0 Å². The van der Waals surface area contributed by atoms with Crippen molar-refractivity contribution in [3.8, 4) is 12.3 Å². The van der Waals surface area contributed by atoms with Crippen molar-refractivity contribution in [3.05, 3.63) is 29.8 Å². The molecule has 8 heteroatoms. The van der Waals surface area contributed by atoms with Crippen LogP contribution in [0.5, 0.6) is 0 Å². The highest BCUT2D eigenvalue weighted by atomic mass is 32.2. The molecule has 124 valence electrons. The first kappa shape index (κ1) is 18.7. The molecule has 0 radical (unpaired) electrons. The van der Waals surface area contributed by atoms with Crippen molar-refractivity contribution in [2.75, 3.05) is 19.7 Å². The van der Waals surface area contributed by atoms with E-state index in [9.17, 15) is 18.0 Å². The van der Waals surface area contributed by atoms with Gasteiger partial charge in [0.2, 0.25) is 10.0 Å². The number of terminal acetylenes is 1. The second kappa shape index (κ2) is 8.92. The Morgan fingerprint density at radius 2 is 1.91 bits per heavy atom. The van der Waals surface area contributed by atoms with E-state index in [2.05, 4.69) is 20.7 Å². The Morgan fingerprint density at radius 1 is 1.26 bits per heavy atom. The minimum atomic E-state index is -3.68. The molecule has 0 aromatic heterocycles. The standard InChI is InChI=1S/C15H18N2O5S/c1-3-9-16-14(18)11-22-15(19)8-10-17-23(20,21)13-6-4-12(2)5-7-13/h1,4-7,17H,8-11H2,2H3,(H,16,18). The molecule has 0 saturated carbocycles. The summed E-state index contributed by atoms with van der Waals surface area (Å²) in [7, 11) is -3.68. The Balaban J connectivity index is 2.35. The van der Waals surface area contributed by atoms with Gasteiger partial charge in [0.25, 0.3) is 5.91 Å². The van der Waals surface area contributed by atoms with Crippen molar-refractivity contribution in [2.24, 2.45) is 0 Å². The number of ether oxygens (including phenoxy) is 1. The average molecular weight is 338 g/mol. The van der Waals surface area contributed by atoms with E-state index in [0.717, 1.165) is 5.56 Å². The molecule has 0 saturated heterocycles. The number of hydrogen-bond donors (Lipinski definition) is 2. The number of rotatable bonds is 8. The van der Waals surface area contributed by atoms with Crippen molar-refractivity contribution in [2.45, 2.75) is 18.2 Å². The first-order valence-electron chi connectivity index (χ1n) is 6.77. The molecule has 0 aliphatic rings. The summed E-state index contributed by atoms with van der Waals surface area (Å²) in [6, 6.07) is 6.31. The first-order valence-corrected chi connectivity index (χ1v) is 8.25. The van der Waals surface area contributed by atoms with Crippen molar-refractivity contribution in [3.63, 3.8) is 0 Å². The first-order chi connectivity index (χ1) is 10.8. The molecule has 23 heavy (non-hydrogen) atoms. The predicted molar refractivity (Wildman–Crippen MR) is 83.8 cm³/mol. The number of benzene rings is 1. The smallest absolute Gasteiger partial charge is 0.307 e. The minimum absolute atomic E-state index is 0.0483. The lowest BCUT2D eigenvalue weighted by Gasteiger charge is -2.07. The van der Waals surface area contributed by atoms with Gasteiger partial charge in [-0.3, -0.25) is 9.59 Å². The summed E-state index contributed by atoms with van der Waals surface area (Å²) in [6.45, 7) is 1.32. The molecule has 0 unspecified atom stereocenters. The molecule has 0 aliphatic carbocycles. The Bertz CT molecular complexity index is 690. The monoisotopic (exact) mass is 338 g/mol. The van der Waals surface area contributed by atoms with Gasteiger partial charge in [-0.1, -0.05) is 23.6 Å². The Morgan fingerprint density at radius 3 is 2.52 bits per heavy atom. The summed E-state index contributed by atoms with van der Waals surface area (Å²) in [5.41, 5.74) is 0.940. The fourth-order valence-corrected chi connectivity index (χ4v) is 2.54. The number of amides is 1. The van der Waals surface area contributed by atoms with Crippen molar-refractivity contribution in [1.82, 2.24) is 10.0 Å². The molecule has 0 heterocycles.